The van der Waals surface area contributed by atoms with Crippen molar-refractivity contribution in [1.82, 2.24) is 9.62 Å². The molecule has 0 saturated carbocycles. The van der Waals surface area contributed by atoms with E-state index in [9.17, 15) is 8.42 Å². The van der Waals surface area contributed by atoms with Crippen molar-refractivity contribution in [3.8, 4) is 0 Å². The maximum atomic E-state index is 12.9. The number of nitrogens with zero attached hydrogens (tertiary/aromatic N) is 1. The summed E-state index contributed by atoms with van der Waals surface area (Å²) in [4.78, 5) is 0. The molecule has 2 aliphatic heterocycles. The van der Waals surface area contributed by atoms with Crippen molar-refractivity contribution >= 4 is 10.0 Å². The Bertz CT molecular complexity index is 609. The van der Waals surface area contributed by atoms with Gasteiger partial charge in [0.1, 0.15) is 0 Å². The number of hydrogen-bond donors (Lipinski definition) is 1. The lowest BCUT2D eigenvalue weighted by Crippen LogP contribution is -2.49. The monoisotopic (exact) mass is 338 g/mol. The van der Waals surface area contributed by atoms with Gasteiger partial charge < -0.3 is 10.1 Å². The number of ether oxygens (including phenoxy) is 1. The third-order valence-corrected chi connectivity index (χ3v) is 6.84. The van der Waals surface area contributed by atoms with E-state index in [1.807, 2.05) is 0 Å². The molecule has 0 amide bonds. The van der Waals surface area contributed by atoms with Crippen LogP contribution >= 0.6 is 0 Å². The topological polar surface area (TPSA) is 58.6 Å². The predicted octanol–water partition coefficient (Wildman–Crippen LogP) is 1.56. The molecule has 0 bridgehead atoms. The average molecular weight is 338 g/mol. The number of sulfonamides is 1. The second kappa shape index (κ2) is 7.30. The molecular formula is C17H26N2O3S. The van der Waals surface area contributed by atoms with Gasteiger partial charge in [-0.2, -0.15) is 4.31 Å². The summed E-state index contributed by atoms with van der Waals surface area (Å²) in [7, 11) is -3.27. The van der Waals surface area contributed by atoms with E-state index in [1.54, 1.807) is 4.31 Å². The molecule has 2 atom stereocenters. The highest BCUT2D eigenvalue weighted by Crippen LogP contribution is 2.28. The molecular weight excluding hydrogens is 312 g/mol. The molecule has 2 unspecified atom stereocenters. The summed E-state index contributed by atoms with van der Waals surface area (Å²) < 4.78 is 32.8. The van der Waals surface area contributed by atoms with Crippen molar-refractivity contribution in [2.24, 2.45) is 5.92 Å². The minimum absolute atomic E-state index is 0.109. The molecule has 0 radical (unpaired) electrons. The molecule has 128 valence electrons. The molecule has 0 aliphatic carbocycles. The summed E-state index contributed by atoms with van der Waals surface area (Å²) in [6, 6.07) is 8.22. The van der Waals surface area contributed by atoms with Gasteiger partial charge in [-0.15, -0.1) is 0 Å². The lowest BCUT2D eigenvalue weighted by molar-refractivity contribution is 0.188. The third-order valence-electron chi connectivity index (χ3n) is 4.79. The zero-order valence-corrected chi connectivity index (χ0v) is 14.5. The highest BCUT2D eigenvalue weighted by Gasteiger charge is 2.35. The van der Waals surface area contributed by atoms with Gasteiger partial charge in [0.15, 0.2) is 0 Å². The SMILES string of the molecule is CCc1ccc(C2CNCCN2S(=O)(=O)CC2CCOC2)cc1. The van der Waals surface area contributed by atoms with Crippen LogP contribution in [0.5, 0.6) is 0 Å². The Kier molecular flexibility index (Phi) is 5.36. The van der Waals surface area contributed by atoms with Crippen LogP contribution in [0.15, 0.2) is 24.3 Å². The number of nitrogens with one attached hydrogen (secondary N) is 1. The van der Waals surface area contributed by atoms with Gasteiger partial charge in [-0.1, -0.05) is 31.2 Å². The van der Waals surface area contributed by atoms with Gasteiger partial charge in [-0.05, 0) is 29.9 Å². The lowest BCUT2D eigenvalue weighted by atomic mass is 10.0. The number of hydrogen-bond acceptors (Lipinski definition) is 4. The van der Waals surface area contributed by atoms with E-state index in [0.717, 1.165) is 18.4 Å². The number of benzene rings is 1. The van der Waals surface area contributed by atoms with Crippen molar-refractivity contribution < 1.29 is 13.2 Å². The smallest absolute Gasteiger partial charge is 0.215 e. The van der Waals surface area contributed by atoms with Crippen LogP contribution in [0.4, 0.5) is 0 Å². The highest BCUT2D eigenvalue weighted by molar-refractivity contribution is 7.89. The van der Waals surface area contributed by atoms with Crippen LogP contribution in [0.2, 0.25) is 0 Å². The Hall–Kier alpha value is -0.950. The molecule has 2 saturated heterocycles. The average Bonchev–Trinajstić information content (AvgIpc) is 3.07. The molecule has 6 heteroatoms. The van der Waals surface area contributed by atoms with Crippen LogP contribution in [0, 0.1) is 5.92 Å². The Morgan fingerprint density at radius 3 is 2.74 bits per heavy atom. The van der Waals surface area contributed by atoms with E-state index in [1.165, 1.54) is 5.56 Å². The number of rotatable bonds is 5. The van der Waals surface area contributed by atoms with Crippen molar-refractivity contribution in [2.45, 2.75) is 25.8 Å². The van der Waals surface area contributed by atoms with Crippen LogP contribution in [0.25, 0.3) is 0 Å². The molecule has 1 aromatic carbocycles. The maximum Gasteiger partial charge on any atom is 0.215 e. The summed E-state index contributed by atoms with van der Waals surface area (Å²) in [5.41, 5.74) is 2.34. The van der Waals surface area contributed by atoms with E-state index in [-0.39, 0.29) is 17.7 Å². The highest BCUT2D eigenvalue weighted by atomic mass is 32.2. The second-order valence-electron chi connectivity index (χ2n) is 6.43. The van der Waals surface area contributed by atoms with E-state index in [0.29, 0.717) is 32.8 Å². The Balaban J connectivity index is 1.79. The first-order valence-electron chi connectivity index (χ1n) is 8.47. The van der Waals surface area contributed by atoms with Crippen molar-refractivity contribution in [2.75, 3.05) is 38.6 Å². The lowest BCUT2D eigenvalue weighted by Gasteiger charge is -2.36. The van der Waals surface area contributed by atoms with Crippen LogP contribution in [-0.2, 0) is 21.2 Å². The zero-order valence-electron chi connectivity index (χ0n) is 13.7. The number of piperazine rings is 1. The first-order chi connectivity index (χ1) is 11.1. The Morgan fingerprint density at radius 2 is 2.09 bits per heavy atom. The van der Waals surface area contributed by atoms with Crippen LogP contribution < -0.4 is 5.32 Å². The Morgan fingerprint density at radius 1 is 1.30 bits per heavy atom. The molecule has 2 fully saturated rings. The molecule has 5 nitrogen and oxygen atoms in total. The molecule has 1 N–H and O–H groups in total. The maximum absolute atomic E-state index is 12.9. The van der Waals surface area contributed by atoms with Crippen molar-refractivity contribution in [1.29, 1.82) is 0 Å². The van der Waals surface area contributed by atoms with Gasteiger partial charge in [0.25, 0.3) is 0 Å². The number of aryl methyl sites for hydroxylation is 1. The fourth-order valence-corrected chi connectivity index (χ4v) is 5.39. The van der Waals surface area contributed by atoms with Gasteiger partial charge in [0.05, 0.1) is 18.4 Å². The molecule has 0 aromatic heterocycles. The van der Waals surface area contributed by atoms with Crippen LogP contribution in [-0.4, -0.2) is 51.3 Å². The molecule has 1 aromatic rings. The van der Waals surface area contributed by atoms with Gasteiger partial charge >= 0.3 is 0 Å². The van der Waals surface area contributed by atoms with Crippen LogP contribution in [0.1, 0.15) is 30.5 Å². The van der Waals surface area contributed by atoms with E-state index >= 15 is 0 Å². The predicted molar refractivity (Wildman–Crippen MR) is 90.8 cm³/mol. The van der Waals surface area contributed by atoms with Gasteiger partial charge in [-0.3, -0.25) is 0 Å². The van der Waals surface area contributed by atoms with Crippen LogP contribution in [0.3, 0.4) is 0 Å². The first kappa shape index (κ1) is 16.9. The normalized spacial score (nSPS) is 26.5. The minimum atomic E-state index is -3.27. The molecule has 0 spiro atoms. The minimum Gasteiger partial charge on any atom is -0.381 e. The summed E-state index contributed by atoms with van der Waals surface area (Å²) >= 11 is 0. The summed E-state index contributed by atoms with van der Waals surface area (Å²) in [5, 5.41) is 3.33. The van der Waals surface area contributed by atoms with Gasteiger partial charge in [0, 0.05) is 26.2 Å². The fourth-order valence-electron chi connectivity index (χ4n) is 3.39. The van der Waals surface area contributed by atoms with Gasteiger partial charge in [0.2, 0.25) is 10.0 Å². The molecule has 2 heterocycles. The molecule has 3 rings (SSSR count). The Labute approximate surface area is 139 Å². The summed E-state index contributed by atoms with van der Waals surface area (Å²) in [5.74, 6) is 0.342. The second-order valence-corrected chi connectivity index (χ2v) is 8.40. The first-order valence-corrected chi connectivity index (χ1v) is 10.1. The van der Waals surface area contributed by atoms with E-state index in [2.05, 4.69) is 36.5 Å². The van der Waals surface area contributed by atoms with E-state index in [4.69, 9.17) is 4.74 Å². The zero-order chi connectivity index (χ0) is 16.3. The standard InChI is InChI=1S/C17H26N2O3S/c1-2-14-3-5-16(6-4-14)17-11-18-8-9-19(17)23(20,21)13-15-7-10-22-12-15/h3-6,15,17-18H,2,7-13H2,1H3. The fraction of sp³-hybridized carbons (Fsp3) is 0.647. The van der Waals surface area contributed by atoms with E-state index < -0.39 is 10.0 Å². The van der Waals surface area contributed by atoms with Crippen molar-refractivity contribution in [3.63, 3.8) is 0 Å². The third kappa shape index (κ3) is 3.94. The largest absolute Gasteiger partial charge is 0.381 e. The summed E-state index contributed by atoms with van der Waals surface area (Å²) in [6.07, 6.45) is 1.84. The summed E-state index contributed by atoms with van der Waals surface area (Å²) in [6.45, 7) is 5.30. The quantitative estimate of drug-likeness (QED) is 0.885. The van der Waals surface area contributed by atoms with Gasteiger partial charge in [-0.25, -0.2) is 8.42 Å². The molecule has 23 heavy (non-hydrogen) atoms. The molecule has 2 aliphatic rings. The van der Waals surface area contributed by atoms with Crippen molar-refractivity contribution in [3.05, 3.63) is 35.4 Å².